The number of hydrogen-bond acceptors (Lipinski definition) is 2. The Morgan fingerprint density at radius 1 is 1.20 bits per heavy atom. The first kappa shape index (κ1) is 17.2. The Balaban J connectivity index is 3.09. The molecule has 0 saturated carbocycles. The largest absolute Gasteiger partial charge is 0.309 e. The van der Waals surface area contributed by atoms with Crippen LogP contribution >= 0.6 is 0 Å². The Bertz CT molecular complexity index is 408. The highest BCUT2D eigenvalue weighted by atomic mass is 15.2. The summed E-state index contributed by atoms with van der Waals surface area (Å²) in [6.45, 7) is 12.3. The Kier molecular flexibility index (Phi) is 6.22. The maximum Gasteiger partial charge on any atom is 0.0501 e. The van der Waals surface area contributed by atoms with Crippen molar-refractivity contribution in [2.24, 2.45) is 5.92 Å². The van der Waals surface area contributed by atoms with Crippen LogP contribution in [0.4, 0.5) is 0 Å². The molecule has 0 aliphatic heterocycles. The number of nitrogens with one attached hydrogen (secondary N) is 1. The normalized spacial score (nSPS) is 14.1. The van der Waals surface area contributed by atoms with E-state index in [1.54, 1.807) is 0 Å². The third-order valence-corrected chi connectivity index (χ3v) is 4.20. The summed E-state index contributed by atoms with van der Waals surface area (Å²) in [5.41, 5.74) is 2.91. The smallest absolute Gasteiger partial charge is 0.0501 e. The Morgan fingerprint density at radius 2 is 1.85 bits per heavy atom. The maximum atomic E-state index is 3.66. The van der Waals surface area contributed by atoms with Gasteiger partial charge in [0.1, 0.15) is 0 Å². The first-order valence-electron chi connectivity index (χ1n) is 7.78. The highest BCUT2D eigenvalue weighted by Gasteiger charge is 2.32. The second-order valence-corrected chi connectivity index (χ2v) is 6.88. The van der Waals surface area contributed by atoms with E-state index in [1.165, 1.54) is 11.1 Å². The molecule has 20 heavy (non-hydrogen) atoms. The fraction of sp³-hybridized carbons (Fsp3) is 0.667. The van der Waals surface area contributed by atoms with Gasteiger partial charge >= 0.3 is 0 Å². The van der Waals surface area contributed by atoms with Gasteiger partial charge in [-0.2, -0.15) is 0 Å². The molecule has 0 aromatic heterocycles. The highest BCUT2D eigenvalue weighted by molar-refractivity contribution is 5.28. The Labute approximate surface area is 125 Å². The molecule has 0 aliphatic rings. The third kappa shape index (κ3) is 4.32. The molecule has 0 heterocycles. The summed E-state index contributed by atoms with van der Waals surface area (Å²) in [4.78, 5) is 2.30. The van der Waals surface area contributed by atoms with E-state index in [-0.39, 0.29) is 5.54 Å². The van der Waals surface area contributed by atoms with Crippen LogP contribution in [-0.4, -0.2) is 31.1 Å². The van der Waals surface area contributed by atoms with E-state index in [9.17, 15) is 0 Å². The minimum absolute atomic E-state index is 0.0759. The van der Waals surface area contributed by atoms with E-state index in [4.69, 9.17) is 0 Å². The van der Waals surface area contributed by atoms with Crippen molar-refractivity contribution < 1.29 is 0 Å². The van der Waals surface area contributed by atoms with Crippen molar-refractivity contribution in [2.75, 3.05) is 20.6 Å². The first-order chi connectivity index (χ1) is 9.28. The van der Waals surface area contributed by atoms with Crippen LogP contribution in [0.3, 0.4) is 0 Å². The zero-order valence-corrected chi connectivity index (χ0v) is 14.3. The topological polar surface area (TPSA) is 15.3 Å². The SMILES string of the molecule is CCNC(c1cccc(CC(C)C)c1)C(C)(C)N(C)C. The molecule has 1 aromatic carbocycles. The number of rotatable bonds is 7. The molecular weight excluding hydrogens is 244 g/mol. The molecule has 0 fully saturated rings. The second-order valence-electron chi connectivity index (χ2n) is 6.88. The van der Waals surface area contributed by atoms with E-state index >= 15 is 0 Å². The van der Waals surface area contributed by atoms with E-state index in [0.29, 0.717) is 12.0 Å². The van der Waals surface area contributed by atoms with Gasteiger partial charge < -0.3 is 10.2 Å². The molecule has 2 nitrogen and oxygen atoms in total. The van der Waals surface area contributed by atoms with Crippen molar-refractivity contribution >= 4 is 0 Å². The van der Waals surface area contributed by atoms with Gasteiger partial charge in [0.25, 0.3) is 0 Å². The van der Waals surface area contributed by atoms with Crippen LogP contribution in [0.5, 0.6) is 0 Å². The minimum Gasteiger partial charge on any atom is -0.309 e. The lowest BCUT2D eigenvalue weighted by atomic mass is 9.86. The molecule has 0 bridgehead atoms. The fourth-order valence-electron chi connectivity index (χ4n) is 2.61. The Hall–Kier alpha value is -0.860. The average molecular weight is 276 g/mol. The van der Waals surface area contributed by atoms with Gasteiger partial charge in [0.05, 0.1) is 6.04 Å². The lowest BCUT2D eigenvalue weighted by Gasteiger charge is -2.41. The van der Waals surface area contributed by atoms with Crippen LogP contribution in [0.15, 0.2) is 24.3 Å². The van der Waals surface area contributed by atoms with Crippen LogP contribution in [-0.2, 0) is 6.42 Å². The monoisotopic (exact) mass is 276 g/mol. The maximum absolute atomic E-state index is 3.66. The molecule has 2 heteroatoms. The summed E-state index contributed by atoms with van der Waals surface area (Å²) >= 11 is 0. The lowest BCUT2D eigenvalue weighted by molar-refractivity contribution is 0.139. The molecule has 0 amide bonds. The van der Waals surface area contributed by atoms with Crippen molar-refractivity contribution in [3.63, 3.8) is 0 Å². The van der Waals surface area contributed by atoms with Crippen LogP contribution in [0, 0.1) is 5.92 Å². The lowest BCUT2D eigenvalue weighted by Crippen LogP contribution is -2.49. The molecular formula is C18H32N2. The third-order valence-electron chi connectivity index (χ3n) is 4.20. The number of benzene rings is 1. The van der Waals surface area contributed by atoms with E-state index in [2.05, 4.69) is 83.2 Å². The van der Waals surface area contributed by atoms with Gasteiger partial charge in [0, 0.05) is 5.54 Å². The molecule has 1 atom stereocenters. The van der Waals surface area contributed by atoms with Crippen molar-refractivity contribution in [1.82, 2.24) is 10.2 Å². The number of hydrogen-bond donors (Lipinski definition) is 1. The first-order valence-corrected chi connectivity index (χ1v) is 7.78. The summed E-state index contributed by atoms with van der Waals surface area (Å²) in [5, 5.41) is 3.66. The van der Waals surface area contributed by atoms with Crippen molar-refractivity contribution in [3.05, 3.63) is 35.4 Å². The van der Waals surface area contributed by atoms with Crippen molar-refractivity contribution in [1.29, 1.82) is 0 Å². The molecule has 1 unspecified atom stereocenters. The van der Waals surface area contributed by atoms with Crippen LogP contribution in [0.25, 0.3) is 0 Å². The van der Waals surface area contributed by atoms with Gasteiger partial charge in [-0.25, -0.2) is 0 Å². The van der Waals surface area contributed by atoms with Gasteiger partial charge in [-0.05, 0) is 58.0 Å². The molecule has 0 radical (unpaired) electrons. The molecule has 1 aromatic rings. The van der Waals surface area contributed by atoms with Gasteiger partial charge in [0.15, 0.2) is 0 Å². The van der Waals surface area contributed by atoms with Crippen molar-refractivity contribution in [3.8, 4) is 0 Å². The molecule has 1 rings (SSSR count). The van der Waals surface area contributed by atoms with Gasteiger partial charge in [-0.15, -0.1) is 0 Å². The number of likely N-dealkylation sites (N-methyl/N-ethyl adjacent to an activating group) is 2. The zero-order valence-electron chi connectivity index (χ0n) is 14.3. The molecule has 0 saturated heterocycles. The minimum atomic E-state index is 0.0759. The zero-order chi connectivity index (χ0) is 15.3. The highest BCUT2D eigenvalue weighted by Crippen LogP contribution is 2.30. The summed E-state index contributed by atoms with van der Waals surface area (Å²) in [7, 11) is 4.31. The van der Waals surface area contributed by atoms with Crippen LogP contribution < -0.4 is 5.32 Å². The molecule has 1 N–H and O–H groups in total. The van der Waals surface area contributed by atoms with Gasteiger partial charge in [-0.3, -0.25) is 0 Å². The van der Waals surface area contributed by atoms with Crippen LogP contribution in [0.2, 0.25) is 0 Å². The van der Waals surface area contributed by atoms with Gasteiger partial charge in [-0.1, -0.05) is 45.0 Å². The molecule has 0 aliphatic carbocycles. The van der Waals surface area contributed by atoms with E-state index in [1.807, 2.05) is 0 Å². The summed E-state index contributed by atoms with van der Waals surface area (Å²) in [6, 6.07) is 9.41. The fourth-order valence-corrected chi connectivity index (χ4v) is 2.61. The summed E-state index contributed by atoms with van der Waals surface area (Å²) in [6.07, 6.45) is 1.15. The molecule has 0 spiro atoms. The van der Waals surface area contributed by atoms with Gasteiger partial charge in [0.2, 0.25) is 0 Å². The quantitative estimate of drug-likeness (QED) is 0.813. The second kappa shape index (κ2) is 7.24. The Morgan fingerprint density at radius 3 is 2.35 bits per heavy atom. The predicted molar refractivity (Wildman–Crippen MR) is 89.2 cm³/mol. The molecule has 114 valence electrons. The summed E-state index contributed by atoms with van der Waals surface area (Å²) < 4.78 is 0. The average Bonchev–Trinajstić information content (AvgIpc) is 2.35. The summed E-state index contributed by atoms with van der Waals surface area (Å²) in [5.74, 6) is 0.699. The van der Waals surface area contributed by atoms with Crippen molar-refractivity contribution in [2.45, 2.75) is 52.6 Å². The van der Waals surface area contributed by atoms with E-state index in [0.717, 1.165) is 13.0 Å². The van der Waals surface area contributed by atoms with E-state index < -0.39 is 0 Å². The van der Waals surface area contributed by atoms with Crippen LogP contribution in [0.1, 0.15) is 51.8 Å². The predicted octanol–water partition coefficient (Wildman–Crippen LogP) is 3.88. The number of nitrogens with zero attached hydrogens (tertiary/aromatic N) is 1. The standard InChI is InChI=1S/C18H32N2/c1-8-19-17(18(4,5)20(6)7)16-11-9-10-15(13-16)12-14(2)3/h9-11,13-14,17,19H,8,12H2,1-7H3.